The third kappa shape index (κ3) is 4.42. The molecule has 0 unspecified atom stereocenters. The number of hydrogen-bond acceptors (Lipinski definition) is 6. The van der Waals surface area contributed by atoms with Crippen molar-refractivity contribution in [2.45, 2.75) is 13.0 Å². The zero-order chi connectivity index (χ0) is 19.6. The number of carbonyl (C=O) groups excluding carboxylic acids is 2. The summed E-state index contributed by atoms with van der Waals surface area (Å²) in [5.74, 6) is -0.667. The molecule has 2 fully saturated rings. The fraction of sp³-hybridized carbons (Fsp3) is 0.529. The van der Waals surface area contributed by atoms with Crippen LogP contribution >= 0.6 is 7.37 Å². The van der Waals surface area contributed by atoms with Crippen LogP contribution in [-0.4, -0.2) is 63.7 Å². The molecule has 0 saturated carbocycles. The van der Waals surface area contributed by atoms with Crippen molar-refractivity contribution >= 4 is 30.7 Å². The van der Waals surface area contributed by atoms with Crippen LogP contribution < -0.4 is 15.1 Å². The topological polar surface area (TPSA) is 88.2 Å². The van der Waals surface area contributed by atoms with E-state index in [0.29, 0.717) is 36.8 Å². The Labute approximate surface area is 157 Å². The van der Waals surface area contributed by atoms with Crippen LogP contribution in [0.1, 0.15) is 6.92 Å². The van der Waals surface area contributed by atoms with Crippen LogP contribution in [0.3, 0.4) is 0 Å². The van der Waals surface area contributed by atoms with Crippen molar-refractivity contribution in [2.75, 3.05) is 55.4 Å². The van der Waals surface area contributed by atoms with Crippen molar-refractivity contribution in [3.05, 3.63) is 24.0 Å². The van der Waals surface area contributed by atoms with Gasteiger partial charge >= 0.3 is 6.09 Å². The molecule has 0 bridgehead atoms. The van der Waals surface area contributed by atoms with Gasteiger partial charge in [0.05, 0.1) is 24.5 Å². The van der Waals surface area contributed by atoms with Gasteiger partial charge in [-0.05, 0) is 18.2 Å². The quantitative estimate of drug-likeness (QED) is 0.763. The zero-order valence-corrected chi connectivity index (χ0v) is 16.2. The Morgan fingerprint density at radius 1 is 1.41 bits per heavy atom. The van der Waals surface area contributed by atoms with Gasteiger partial charge in [-0.1, -0.05) is 0 Å². The van der Waals surface area contributed by atoms with E-state index in [-0.39, 0.29) is 19.0 Å². The average molecular weight is 399 g/mol. The van der Waals surface area contributed by atoms with Crippen LogP contribution in [0.25, 0.3) is 0 Å². The molecular formula is C17H23FN3O5P. The summed E-state index contributed by atoms with van der Waals surface area (Å²) in [6.45, 7) is 2.73. The molecule has 0 aromatic heterocycles. The van der Waals surface area contributed by atoms with E-state index in [2.05, 4.69) is 5.32 Å². The van der Waals surface area contributed by atoms with Crippen molar-refractivity contribution in [3.63, 3.8) is 0 Å². The van der Waals surface area contributed by atoms with Gasteiger partial charge in [0, 0.05) is 39.4 Å². The number of nitrogens with one attached hydrogen (secondary N) is 1. The minimum Gasteiger partial charge on any atom is -0.442 e. The summed E-state index contributed by atoms with van der Waals surface area (Å²) in [4.78, 5) is 26.2. The number of carbonyl (C=O) groups is 2. The fourth-order valence-electron chi connectivity index (χ4n) is 3.21. The molecule has 2 heterocycles. The van der Waals surface area contributed by atoms with E-state index in [0.717, 1.165) is 0 Å². The molecule has 0 radical (unpaired) electrons. The first-order valence-corrected chi connectivity index (χ1v) is 10.7. The Kier molecular flexibility index (Phi) is 5.72. The van der Waals surface area contributed by atoms with Gasteiger partial charge in [-0.3, -0.25) is 14.3 Å². The minimum absolute atomic E-state index is 0.209. The van der Waals surface area contributed by atoms with E-state index < -0.39 is 25.4 Å². The van der Waals surface area contributed by atoms with E-state index in [9.17, 15) is 18.5 Å². The van der Waals surface area contributed by atoms with Crippen LogP contribution in [0.15, 0.2) is 18.2 Å². The summed E-state index contributed by atoms with van der Waals surface area (Å²) < 4.78 is 37.2. The lowest BCUT2D eigenvalue weighted by Crippen LogP contribution is -2.35. The maximum absolute atomic E-state index is 14.7. The third-order valence-corrected chi connectivity index (χ3v) is 7.22. The van der Waals surface area contributed by atoms with Gasteiger partial charge in [-0.15, -0.1) is 0 Å². The van der Waals surface area contributed by atoms with Crippen LogP contribution in [0, 0.1) is 5.82 Å². The van der Waals surface area contributed by atoms with Crippen LogP contribution in [0.5, 0.6) is 0 Å². The largest absolute Gasteiger partial charge is 0.442 e. The van der Waals surface area contributed by atoms with Crippen molar-refractivity contribution in [1.29, 1.82) is 0 Å². The van der Waals surface area contributed by atoms with Gasteiger partial charge in [0.25, 0.3) is 0 Å². The van der Waals surface area contributed by atoms with Crippen LogP contribution in [0.4, 0.5) is 20.6 Å². The second kappa shape index (κ2) is 7.86. The molecule has 1 atom stereocenters. The van der Waals surface area contributed by atoms with Crippen LogP contribution in [-0.2, 0) is 18.6 Å². The molecule has 1 aromatic carbocycles. The number of nitrogens with zero attached hydrogens (tertiary/aromatic N) is 2. The van der Waals surface area contributed by atoms with Gasteiger partial charge in [-0.2, -0.15) is 0 Å². The zero-order valence-electron chi connectivity index (χ0n) is 15.3. The van der Waals surface area contributed by atoms with Gasteiger partial charge in [0.2, 0.25) is 13.3 Å². The second-order valence-electron chi connectivity index (χ2n) is 6.62. The van der Waals surface area contributed by atoms with Gasteiger partial charge < -0.3 is 19.5 Å². The SMILES string of the molecule is COP1(=O)CCN(c2ccc(N3C[C@H](CNC(C)=O)OC3=O)cc2F)CC1. The number of cyclic esters (lactones) is 1. The lowest BCUT2D eigenvalue weighted by Gasteiger charge is -2.33. The Hall–Kier alpha value is -2.12. The molecule has 0 spiro atoms. The Morgan fingerprint density at radius 3 is 2.70 bits per heavy atom. The Balaban J connectivity index is 1.67. The first kappa shape index (κ1) is 19.6. The fourth-order valence-corrected chi connectivity index (χ4v) is 4.89. The highest BCUT2D eigenvalue weighted by molar-refractivity contribution is 7.59. The van der Waals surface area contributed by atoms with Crippen molar-refractivity contribution < 1.29 is 27.8 Å². The maximum atomic E-state index is 14.7. The highest BCUT2D eigenvalue weighted by Crippen LogP contribution is 2.48. The third-order valence-electron chi connectivity index (χ3n) is 4.79. The first-order valence-electron chi connectivity index (χ1n) is 8.72. The first-order chi connectivity index (χ1) is 12.8. The molecule has 2 amide bonds. The minimum atomic E-state index is -2.59. The number of halogens is 1. The van der Waals surface area contributed by atoms with Gasteiger partial charge in [0.15, 0.2) is 0 Å². The molecule has 27 heavy (non-hydrogen) atoms. The smallest absolute Gasteiger partial charge is 0.414 e. The summed E-state index contributed by atoms with van der Waals surface area (Å²) in [5, 5.41) is 2.60. The summed E-state index contributed by atoms with van der Waals surface area (Å²) in [6, 6.07) is 4.56. The van der Waals surface area contributed by atoms with Crippen molar-refractivity contribution in [3.8, 4) is 0 Å². The molecule has 8 nitrogen and oxygen atoms in total. The number of rotatable bonds is 5. The Morgan fingerprint density at radius 2 is 2.11 bits per heavy atom. The summed E-state index contributed by atoms with van der Waals surface area (Å²) in [6.07, 6.45) is -0.284. The monoisotopic (exact) mass is 399 g/mol. The van der Waals surface area contributed by atoms with E-state index in [1.807, 2.05) is 4.90 Å². The van der Waals surface area contributed by atoms with E-state index >= 15 is 0 Å². The molecule has 2 aliphatic rings. The molecule has 3 rings (SSSR count). The lowest BCUT2D eigenvalue weighted by molar-refractivity contribution is -0.119. The van der Waals surface area contributed by atoms with Gasteiger partial charge in [0.1, 0.15) is 11.9 Å². The highest BCUT2D eigenvalue weighted by Gasteiger charge is 2.33. The average Bonchev–Trinajstić information content (AvgIpc) is 3.02. The molecule has 2 saturated heterocycles. The second-order valence-corrected chi connectivity index (χ2v) is 9.51. The normalized spacial score (nSPS) is 21.9. The number of anilines is 2. The lowest BCUT2D eigenvalue weighted by atomic mass is 10.2. The predicted molar refractivity (Wildman–Crippen MR) is 99.3 cm³/mol. The number of hydrogen-bond donors (Lipinski definition) is 1. The van der Waals surface area contributed by atoms with E-state index in [1.165, 1.54) is 25.0 Å². The number of benzene rings is 1. The van der Waals surface area contributed by atoms with Gasteiger partial charge in [-0.25, -0.2) is 9.18 Å². The molecule has 10 heteroatoms. The predicted octanol–water partition coefficient (Wildman–Crippen LogP) is 2.03. The van der Waals surface area contributed by atoms with Crippen molar-refractivity contribution in [1.82, 2.24) is 5.32 Å². The van der Waals surface area contributed by atoms with Crippen LogP contribution in [0.2, 0.25) is 0 Å². The van der Waals surface area contributed by atoms with E-state index in [1.54, 1.807) is 12.1 Å². The summed E-state index contributed by atoms with van der Waals surface area (Å²) in [5.41, 5.74) is 0.801. The molecule has 2 aliphatic heterocycles. The standard InChI is InChI=1S/C17H23FN3O5P/c1-12(22)19-10-14-11-21(17(23)26-14)13-3-4-16(15(18)9-13)20-5-7-27(24,25-2)8-6-20/h3-4,9,14H,5-8,10-11H2,1-2H3,(H,19,22)/t14-/m0/s1. The molecular weight excluding hydrogens is 376 g/mol. The molecule has 0 aliphatic carbocycles. The summed E-state index contributed by atoms with van der Waals surface area (Å²) in [7, 11) is -1.14. The molecule has 148 valence electrons. The Bertz CT molecular complexity index is 778. The maximum Gasteiger partial charge on any atom is 0.414 e. The summed E-state index contributed by atoms with van der Waals surface area (Å²) >= 11 is 0. The highest BCUT2D eigenvalue weighted by atomic mass is 31.2. The molecule has 1 N–H and O–H groups in total. The number of amides is 2. The van der Waals surface area contributed by atoms with E-state index in [4.69, 9.17) is 9.26 Å². The van der Waals surface area contributed by atoms with Crippen molar-refractivity contribution in [2.24, 2.45) is 0 Å². The number of ether oxygens (including phenoxy) is 1. The molecule has 1 aromatic rings.